The average Bonchev–Trinajstić information content (AvgIpc) is 2.47. The molecule has 1 rings (SSSR count). The molecule has 0 aromatic carbocycles. The highest BCUT2D eigenvalue weighted by molar-refractivity contribution is 7.99. The van der Waals surface area contributed by atoms with Crippen LogP contribution < -0.4 is 5.73 Å². The summed E-state index contributed by atoms with van der Waals surface area (Å²) in [5.74, 6) is 1.78. The number of carbonyl (C=O) groups excluding carboxylic acids is 1. The van der Waals surface area contributed by atoms with Crippen molar-refractivity contribution in [2.45, 2.75) is 25.9 Å². The predicted molar refractivity (Wildman–Crippen MR) is 51.9 cm³/mol. The first-order valence-corrected chi connectivity index (χ1v) is 5.54. The van der Waals surface area contributed by atoms with Crippen LogP contribution in [0.15, 0.2) is 0 Å². The molecule has 1 amide bonds. The summed E-state index contributed by atoms with van der Waals surface area (Å²) in [6.07, 6.45) is 2.00. The van der Waals surface area contributed by atoms with E-state index in [0.717, 1.165) is 25.1 Å². The first kappa shape index (κ1) is 9.86. The highest BCUT2D eigenvalue weighted by atomic mass is 32.2. The number of rotatable bonds is 3. The van der Waals surface area contributed by atoms with E-state index >= 15 is 0 Å². The van der Waals surface area contributed by atoms with E-state index < -0.39 is 0 Å². The number of nitrogens with two attached hydrogens (primary N) is 1. The first-order valence-electron chi connectivity index (χ1n) is 4.38. The average molecular weight is 188 g/mol. The zero-order valence-electron chi connectivity index (χ0n) is 7.45. The van der Waals surface area contributed by atoms with Crippen molar-refractivity contribution in [3.8, 4) is 0 Å². The Labute approximate surface area is 77.7 Å². The van der Waals surface area contributed by atoms with Crippen LogP contribution >= 0.6 is 11.8 Å². The fraction of sp³-hybridized carbons (Fsp3) is 0.875. The molecule has 0 saturated carbocycles. The van der Waals surface area contributed by atoms with Gasteiger partial charge in [-0.3, -0.25) is 4.79 Å². The molecule has 0 bridgehead atoms. The molecule has 4 heteroatoms. The maximum Gasteiger partial charge on any atom is 0.233 e. The van der Waals surface area contributed by atoms with Crippen molar-refractivity contribution < 1.29 is 4.79 Å². The largest absolute Gasteiger partial charge is 0.327 e. The molecule has 0 aromatic rings. The minimum atomic E-state index is -0.0186. The van der Waals surface area contributed by atoms with E-state index in [4.69, 9.17) is 5.73 Å². The van der Waals surface area contributed by atoms with Gasteiger partial charge < -0.3 is 10.6 Å². The molecule has 2 N–H and O–H groups in total. The Morgan fingerprint density at radius 1 is 1.75 bits per heavy atom. The van der Waals surface area contributed by atoms with Gasteiger partial charge in [-0.05, 0) is 18.6 Å². The van der Waals surface area contributed by atoms with Gasteiger partial charge in [0.2, 0.25) is 5.91 Å². The molecule has 1 unspecified atom stereocenters. The molecule has 1 aliphatic heterocycles. The number of hydrogen-bond acceptors (Lipinski definition) is 3. The molecule has 0 aromatic heterocycles. The number of nitrogens with zero attached hydrogens (tertiary/aromatic N) is 1. The number of carbonyl (C=O) groups is 1. The summed E-state index contributed by atoms with van der Waals surface area (Å²) in [7, 11) is 0. The summed E-state index contributed by atoms with van der Waals surface area (Å²) in [5.41, 5.74) is 5.75. The molecule has 1 atom stereocenters. The summed E-state index contributed by atoms with van der Waals surface area (Å²) < 4.78 is 0. The van der Waals surface area contributed by atoms with Crippen molar-refractivity contribution in [1.29, 1.82) is 0 Å². The quantitative estimate of drug-likeness (QED) is 0.707. The molecule has 1 heterocycles. The zero-order chi connectivity index (χ0) is 8.97. The van der Waals surface area contributed by atoms with Gasteiger partial charge in [-0.15, -0.1) is 0 Å². The van der Waals surface area contributed by atoms with Crippen molar-refractivity contribution in [3.63, 3.8) is 0 Å². The highest BCUT2D eigenvalue weighted by Gasteiger charge is 2.24. The minimum Gasteiger partial charge on any atom is -0.327 e. The molecular formula is C8H16N2OS. The van der Waals surface area contributed by atoms with Crippen LogP contribution in [0.1, 0.15) is 19.8 Å². The van der Waals surface area contributed by atoms with Crippen LogP contribution in [0, 0.1) is 0 Å². The lowest BCUT2D eigenvalue weighted by molar-refractivity contribution is -0.129. The van der Waals surface area contributed by atoms with E-state index in [2.05, 4.69) is 6.92 Å². The van der Waals surface area contributed by atoms with Gasteiger partial charge in [-0.25, -0.2) is 0 Å². The van der Waals surface area contributed by atoms with E-state index in [1.54, 1.807) is 16.7 Å². The number of likely N-dealkylation sites (tertiary alicyclic amines) is 1. The predicted octanol–water partition coefficient (Wildman–Crippen LogP) is 0.647. The molecule has 1 saturated heterocycles. The summed E-state index contributed by atoms with van der Waals surface area (Å²) in [6.45, 7) is 2.91. The Kier molecular flexibility index (Phi) is 3.88. The summed E-state index contributed by atoms with van der Waals surface area (Å²) in [6, 6.07) is 0. The number of amides is 1. The molecule has 12 heavy (non-hydrogen) atoms. The number of thioether (sulfide) groups is 1. The zero-order valence-corrected chi connectivity index (χ0v) is 8.27. The van der Waals surface area contributed by atoms with Crippen LogP contribution in [0.2, 0.25) is 0 Å². The Morgan fingerprint density at radius 3 is 3.00 bits per heavy atom. The molecule has 0 spiro atoms. The lowest BCUT2D eigenvalue weighted by Gasteiger charge is -2.20. The fourth-order valence-electron chi connectivity index (χ4n) is 1.37. The maximum atomic E-state index is 11.4. The molecule has 70 valence electrons. The molecular weight excluding hydrogens is 172 g/mol. The first-order chi connectivity index (χ1) is 5.75. The van der Waals surface area contributed by atoms with Crippen molar-refractivity contribution >= 4 is 17.7 Å². The third-order valence-electron chi connectivity index (χ3n) is 2.05. The minimum absolute atomic E-state index is 0.0186. The van der Waals surface area contributed by atoms with Crippen LogP contribution in [0.5, 0.6) is 0 Å². The molecule has 1 fully saturated rings. The normalized spacial score (nSPS) is 23.2. The van der Waals surface area contributed by atoms with Crippen molar-refractivity contribution in [3.05, 3.63) is 0 Å². The Balaban J connectivity index is 2.30. The molecule has 0 aliphatic carbocycles. The van der Waals surface area contributed by atoms with Crippen molar-refractivity contribution in [2.24, 2.45) is 5.73 Å². The van der Waals surface area contributed by atoms with E-state index in [1.807, 2.05) is 0 Å². The third-order valence-corrected chi connectivity index (χ3v) is 2.91. The van der Waals surface area contributed by atoms with Crippen LogP contribution in [0.4, 0.5) is 0 Å². The monoisotopic (exact) mass is 188 g/mol. The van der Waals surface area contributed by atoms with Gasteiger partial charge in [0.1, 0.15) is 0 Å². The smallest absolute Gasteiger partial charge is 0.233 e. The van der Waals surface area contributed by atoms with Gasteiger partial charge in [0.25, 0.3) is 0 Å². The van der Waals surface area contributed by atoms with E-state index in [9.17, 15) is 4.79 Å². The summed E-state index contributed by atoms with van der Waals surface area (Å²) >= 11 is 1.66. The second-order valence-corrected chi connectivity index (χ2v) is 4.21. The van der Waals surface area contributed by atoms with E-state index in [-0.39, 0.29) is 12.1 Å². The summed E-state index contributed by atoms with van der Waals surface area (Å²) in [4.78, 5) is 13.2. The second-order valence-electron chi connectivity index (χ2n) is 2.93. The third kappa shape index (κ3) is 2.38. The van der Waals surface area contributed by atoms with Crippen molar-refractivity contribution in [1.82, 2.24) is 4.90 Å². The Hall–Kier alpha value is -0.220. The van der Waals surface area contributed by atoms with Crippen LogP contribution in [0.3, 0.4) is 0 Å². The fourth-order valence-corrected chi connectivity index (χ4v) is 1.92. The van der Waals surface area contributed by atoms with Gasteiger partial charge in [0.15, 0.2) is 0 Å². The topological polar surface area (TPSA) is 46.3 Å². The van der Waals surface area contributed by atoms with Crippen LogP contribution in [-0.4, -0.2) is 35.0 Å². The van der Waals surface area contributed by atoms with E-state index in [0.29, 0.717) is 5.75 Å². The second kappa shape index (κ2) is 4.72. The van der Waals surface area contributed by atoms with Gasteiger partial charge in [-0.1, -0.05) is 6.92 Å². The van der Waals surface area contributed by atoms with Gasteiger partial charge >= 0.3 is 0 Å². The SMILES string of the molecule is CCSCC(=O)N1CCCC1N. The lowest BCUT2D eigenvalue weighted by Crippen LogP contribution is -2.41. The van der Waals surface area contributed by atoms with Gasteiger partial charge in [0.05, 0.1) is 11.9 Å². The number of hydrogen-bond donors (Lipinski definition) is 1. The van der Waals surface area contributed by atoms with Crippen LogP contribution in [-0.2, 0) is 4.79 Å². The molecule has 1 aliphatic rings. The standard InChI is InChI=1S/C8H16N2OS/c1-2-12-6-8(11)10-5-3-4-7(10)9/h7H,2-6,9H2,1H3. The molecule has 3 nitrogen and oxygen atoms in total. The van der Waals surface area contributed by atoms with E-state index in [1.165, 1.54) is 0 Å². The van der Waals surface area contributed by atoms with Gasteiger partial charge in [0, 0.05) is 6.54 Å². The Bertz CT molecular complexity index is 163. The summed E-state index contributed by atoms with van der Waals surface area (Å²) in [5, 5.41) is 0. The van der Waals surface area contributed by atoms with Crippen molar-refractivity contribution in [2.75, 3.05) is 18.1 Å². The maximum absolute atomic E-state index is 11.4. The highest BCUT2D eigenvalue weighted by Crippen LogP contribution is 2.14. The molecule has 0 radical (unpaired) electrons. The lowest BCUT2D eigenvalue weighted by atomic mass is 10.3. The van der Waals surface area contributed by atoms with Gasteiger partial charge in [-0.2, -0.15) is 11.8 Å². The van der Waals surface area contributed by atoms with Crippen LogP contribution in [0.25, 0.3) is 0 Å². The Morgan fingerprint density at radius 2 is 2.50 bits per heavy atom.